The molecule has 7 nitrogen and oxygen atoms in total. The van der Waals surface area contributed by atoms with Crippen LogP contribution >= 0.6 is 7.60 Å². The molecule has 0 N–H and O–H groups in total. The van der Waals surface area contributed by atoms with E-state index in [1.54, 1.807) is 27.3 Å². The molecule has 0 fully saturated rings. The van der Waals surface area contributed by atoms with Crippen LogP contribution in [0.4, 0.5) is 0 Å². The van der Waals surface area contributed by atoms with Crippen LogP contribution in [0.1, 0.15) is 48.9 Å². The molecule has 37 heavy (non-hydrogen) atoms. The van der Waals surface area contributed by atoms with Gasteiger partial charge in [0.25, 0.3) is 0 Å². The third-order valence-electron chi connectivity index (χ3n) is 6.38. The SMILES string of the molecule is CCOP(=O)(CC)OCCC(OC)c1ncn(C(c2ccccc2)(c2ccccc2)c2ccccc2)n1. The Kier molecular flexibility index (Phi) is 9.06. The van der Waals surface area contributed by atoms with Gasteiger partial charge in [-0.3, -0.25) is 4.57 Å². The highest BCUT2D eigenvalue weighted by molar-refractivity contribution is 7.53. The second-order valence-corrected chi connectivity index (χ2v) is 10.9. The van der Waals surface area contributed by atoms with Gasteiger partial charge < -0.3 is 13.8 Å². The molecule has 4 rings (SSSR count). The number of methoxy groups -OCH3 is 1. The van der Waals surface area contributed by atoms with E-state index in [4.69, 9.17) is 18.9 Å². The van der Waals surface area contributed by atoms with Crippen molar-refractivity contribution in [3.63, 3.8) is 0 Å². The molecule has 1 heterocycles. The number of aromatic nitrogens is 3. The fraction of sp³-hybridized carbons (Fsp3) is 0.310. The van der Waals surface area contributed by atoms with E-state index in [0.29, 0.717) is 25.0 Å². The van der Waals surface area contributed by atoms with E-state index in [-0.39, 0.29) is 6.61 Å². The second-order valence-electron chi connectivity index (χ2n) is 8.55. The van der Waals surface area contributed by atoms with Crippen LogP contribution in [0.3, 0.4) is 0 Å². The largest absolute Gasteiger partial charge is 0.373 e. The molecule has 0 aliphatic carbocycles. The smallest absolute Gasteiger partial charge is 0.330 e. The summed E-state index contributed by atoms with van der Waals surface area (Å²) in [5.41, 5.74) is 2.42. The lowest BCUT2D eigenvalue weighted by molar-refractivity contribution is 0.0708. The lowest BCUT2D eigenvalue weighted by atomic mass is 9.77. The first-order valence-electron chi connectivity index (χ1n) is 12.6. The van der Waals surface area contributed by atoms with Crippen molar-refractivity contribution in [3.05, 3.63) is 120 Å². The standard InChI is InChI=1S/C29H34N3O4P/c1-4-35-37(33,5-2)36-22-21-27(34-3)28-30-23-32(31-28)29(24-15-9-6-10-16-24,25-17-11-7-12-18-25)26-19-13-8-14-20-26/h6-20,23,27H,4-5,21-22H2,1-3H3. The molecule has 1 aromatic heterocycles. The van der Waals surface area contributed by atoms with Crippen molar-refractivity contribution in [2.75, 3.05) is 26.5 Å². The maximum Gasteiger partial charge on any atom is 0.330 e. The van der Waals surface area contributed by atoms with Crippen molar-refractivity contribution in [1.29, 1.82) is 0 Å². The minimum Gasteiger partial charge on any atom is -0.373 e. The molecule has 0 saturated heterocycles. The summed E-state index contributed by atoms with van der Waals surface area (Å²) in [4.78, 5) is 4.67. The highest BCUT2D eigenvalue weighted by Gasteiger charge is 2.40. The van der Waals surface area contributed by atoms with Crippen LogP contribution in [0.25, 0.3) is 0 Å². The summed E-state index contributed by atoms with van der Waals surface area (Å²) >= 11 is 0. The Hall–Kier alpha value is -3.09. The summed E-state index contributed by atoms with van der Waals surface area (Å²) in [6, 6.07) is 30.9. The number of hydrogen-bond donors (Lipinski definition) is 0. The maximum atomic E-state index is 12.7. The molecule has 0 spiro atoms. The predicted octanol–water partition coefficient (Wildman–Crippen LogP) is 6.46. The van der Waals surface area contributed by atoms with Gasteiger partial charge in [0.1, 0.15) is 18.0 Å². The zero-order chi connectivity index (χ0) is 26.1. The van der Waals surface area contributed by atoms with Gasteiger partial charge in [-0.2, -0.15) is 5.10 Å². The fourth-order valence-corrected chi connectivity index (χ4v) is 5.80. The van der Waals surface area contributed by atoms with E-state index < -0.39 is 19.2 Å². The number of rotatable bonds is 13. The van der Waals surface area contributed by atoms with Crippen LogP contribution in [-0.4, -0.2) is 41.2 Å². The second kappa shape index (κ2) is 12.4. The number of nitrogens with zero attached hydrogens (tertiary/aromatic N) is 3. The first-order chi connectivity index (χ1) is 18.1. The fourth-order valence-electron chi connectivity index (χ4n) is 4.59. The molecule has 8 heteroatoms. The molecule has 2 atom stereocenters. The molecule has 0 amide bonds. The van der Waals surface area contributed by atoms with Gasteiger partial charge in [0.05, 0.1) is 13.2 Å². The number of benzene rings is 3. The summed E-state index contributed by atoms with van der Waals surface area (Å²) in [6.45, 7) is 4.15. The van der Waals surface area contributed by atoms with Gasteiger partial charge in [-0.15, -0.1) is 0 Å². The zero-order valence-corrected chi connectivity index (χ0v) is 22.5. The van der Waals surface area contributed by atoms with Crippen molar-refractivity contribution >= 4 is 7.60 Å². The van der Waals surface area contributed by atoms with Crippen LogP contribution in [0.15, 0.2) is 97.3 Å². The summed E-state index contributed by atoms with van der Waals surface area (Å²) in [6.07, 6.45) is 2.08. The highest BCUT2D eigenvalue weighted by atomic mass is 31.2. The van der Waals surface area contributed by atoms with Crippen LogP contribution in [0.2, 0.25) is 0 Å². The lowest BCUT2D eigenvalue weighted by Crippen LogP contribution is -2.38. The van der Waals surface area contributed by atoms with Crippen molar-refractivity contribution in [3.8, 4) is 0 Å². The van der Waals surface area contributed by atoms with Gasteiger partial charge in [0, 0.05) is 19.7 Å². The summed E-state index contributed by atoms with van der Waals surface area (Å²) in [5, 5.41) is 4.98. The van der Waals surface area contributed by atoms with E-state index in [9.17, 15) is 4.57 Å². The average molecular weight is 520 g/mol. The first-order valence-corrected chi connectivity index (χ1v) is 14.3. The van der Waals surface area contributed by atoms with Gasteiger partial charge in [-0.25, -0.2) is 9.67 Å². The summed E-state index contributed by atoms with van der Waals surface area (Å²) < 4.78 is 31.3. The molecule has 0 radical (unpaired) electrons. The summed E-state index contributed by atoms with van der Waals surface area (Å²) in [7, 11) is -1.48. The Balaban J connectivity index is 1.75. The normalized spacial score (nSPS) is 14.2. The number of ether oxygens (including phenoxy) is 1. The van der Waals surface area contributed by atoms with Crippen molar-refractivity contribution in [2.45, 2.75) is 31.9 Å². The van der Waals surface area contributed by atoms with E-state index in [0.717, 1.165) is 16.7 Å². The van der Waals surface area contributed by atoms with E-state index in [1.165, 1.54) is 0 Å². The Morgan fingerprint density at radius 3 is 1.78 bits per heavy atom. The van der Waals surface area contributed by atoms with Gasteiger partial charge >= 0.3 is 7.60 Å². The molecule has 3 aromatic carbocycles. The van der Waals surface area contributed by atoms with Gasteiger partial charge in [0.15, 0.2) is 5.82 Å². The van der Waals surface area contributed by atoms with Crippen LogP contribution in [0, 0.1) is 0 Å². The molecule has 2 unspecified atom stereocenters. The quantitative estimate of drug-likeness (QED) is 0.149. The maximum absolute atomic E-state index is 12.7. The molecule has 0 bridgehead atoms. The lowest BCUT2D eigenvalue weighted by Gasteiger charge is -2.36. The third kappa shape index (κ3) is 5.76. The average Bonchev–Trinajstić information content (AvgIpc) is 3.44. The summed E-state index contributed by atoms with van der Waals surface area (Å²) in [5.74, 6) is 0.529. The first kappa shape index (κ1) is 27.0. The van der Waals surface area contributed by atoms with Crippen LogP contribution in [0.5, 0.6) is 0 Å². The molecular weight excluding hydrogens is 485 g/mol. The monoisotopic (exact) mass is 519 g/mol. The van der Waals surface area contributed by atoms with E-state index in [2.05, 4.69) is 41.4 Å². The minimum absolute atomic E-state index is 0.208. The third-order valence-corrected chi connectivity index (χ3v) is 8.38. The Morgan fingerprint density at radius 2 is 1.35 bits per heavy atom. The van der Waals surface area contributed by atoms with E-state index in [1.807, 2.05) is 59.3 Å². The number of hydrogen-bond acceptors (Lipinski definition) is 6. The molecular formula is C29H34N3O4P. The minimum atomic E-state index is -3.10. The van der Waals surface area contributed by atoms with Crippen molar-refractivity contribution < 1.29 is 18.3 Å². The molecule has 194 valence electrons. The zero-order valence-electron chi connectivity index (χ0n) is 21.6. The molecule has 4 aromatic rings. The van der Waals surface area contributed by atoms with Crippen molar-refractivity contribution in [1.82, 2.24) is 14.8 Å². The Morgan fingerprint density at radius 1 is 0.838 bits per heavy atom. The van der Waals surface area contributed by atoms with Gasteiger partial charge in [-0.05, 0) is 23.6 Å². The van der Waals surface area contributed by atoms with Crippen molar-refractivity contribution in [2.24, 2.45) is 0 Å². The van der Waals surface area contributed by atoms with Gasteiger partial charge in [-0.1, -0.05) is 97.9 Å². The molecule has 0 saturated carbocycles. The molecule has 0 aliphatic heterocycles. The van der Waals surface area contributed by atoms with Crippen LogP contribution < -0.4 is 0 Å². The Bertz CT molecular complexity index is 1190. The van der Waals surface area contributed by atoms with Crippen LogP contribution in [-0.2, 0) is 23.9 Å². The van der Waals surface area contributed by atoms with E-state index >= 15 is 0 Å². The predicted molar refractivity (Wildman–Crippen MR) is 145 cm³/mol. The topological polar surface area (TPSA) is 75.5 Å². The van der Waals surface area contributed by atoms with Gasteiger partial charge in [0.2, 0.25) is 0 Å². The highest BCUT2D eigenvalue weighted by Crippen LogP contribution is 2.48. The molecule has 0 aliphatic rings. The Labute approximate surface area is 219 Å².